The largest absolute Gasteiger partial charge is 0.324 e. The predicted molar refractivity (Wildman–Crippen MR) is 71.7 cm³/mol. The van der Waals surface area contributed by atoms with Gasteiger partial charge < -0.3 is 5.73 Å². The van der Waals surface area contributed by atoms with E-state index >= 15 is 0 Å². The topological polar surface area (TPSA) is 38.9 Å². The van der Waals surface area contributed by atoms with E-state index in [1.54, 1.807) is 0 Å². The molecule has 0 radical (unpaired) electrons. The fourth-order valence-corrected chi connectivity index (χ4v) is 2.88. The summed E-state index contributed by atoms with van der Waals surface area (Å²) in [4.78, 5) is 4.24. The fraction of sp³-hybridized carbons (Fsp3) is 0.667. The lowest BCUT2D eigenvalue weighted by molar-refractivity contribution is 0.392. The van der Waals surface area contributed by atoms with Crippen LogP contribution in [0.5, 0.6) is 0 Å². The van der Waals surface area contributed by atoms with Crippen molar-refractivity contribution in [2.24, 2.45) is 11.7 Å². The van der Waals surface area contributed by atoms with Crippen LogP contribution in [0.1, 0.15) is 62.1 Å². The van der Waals surface area contributed by atoms with Crippen LogP contribution < -0.4 is 5.73 Å². The second-order valence-corrected chi connectivity index (χ2v) is 5.50. The van der Waals surface area contributed by atoms with Crippen LogP contribution in [0.2, 0.25) is 0 Å². The zero-order valence-electron chi connectivity index (χ0n) is 10.9. The number of pyridine rings is 1. The lowest BCUT2D eigenvalue weighted by Gasteiger charge is -2.19. The van der Waals surface area contributed by atoms with Gasteiger partial charge in [-0.3, -0.25) is 4.98 Å². The van der Waals surface area contributed by atoms with Crippen molar-refractivity contribution in [2.45, 2.75) is 57.9 Å². The van der Waals surface area contributed by atoms with Crippen molar-refractivity contribution in [3.05, 3.63) is 29.6 Å². The summed E-state index contributed by atoms with van der Waals surface area (Å²) in [5, 5.41) is 0. The molecule has 1 heterocycles. The highest BCUT2D eigenvalue weighted by atomic mass is 14.7. The van der Waals surface area contributed by atoms with Crippen LogP contribution in [0.3, 0.4) is 0 Å². The summed E-state index contributed by atoms with van der Waals surface area (Å²) in [7, 11) is 0. The number of hydrogen-bond donors (Lipinski definition) is 1. The van der Waals surface area contributed by atoms with Crippen LogP contribution in [0.4, 0.5) is 0 Å². The minimum absolute atomic E-state index is 0.172. The first kappa shape index (κ1) is 12.6. The van der Waals surface area contributed by atoms with E-state index in [1.807, 2.05) is 12.4 Å². The molecule has 94 valence electrons. The second-order valence-electron chi connectivity index (χ2n) is 5.50. The zero-order valence-corrected chi connectivity index (χ0v) is 10.9. The van der Waals surface area contributed by atoms with Gasteiger partial charge in [0.25, 0.3) is 0 Å². The summed E-state index contributed by atoms with van der Waals surface area (Å²) in [6, 6.07) is 2.35. The summed E-state index contributed by atoms with van der Waals surface area (Å²) in [6.45, 7) is 2.08. The molecular weight excluding hydrogens is 208 g/mol. The molecule has 17 heavy (non-hydrogen) atoms. The number of nitrogens with zero attached hydrogens (tertiary/aromatic N) is 1. The summed E-state index contributed by atoms with van der Waals surface area (Å²) in [5.74, 6) is 0.827. The fourth-order valence-electron chi connectivity index (χ4n) is 2.88. The van der Waals surface area contributed by atoms with E-state index < -0.39 is 0 Å². The molecule has 0 amide bonds. The van der Waals surface area contributed by atoms with E-state index in [9.17, 15) is 0 Å². The van der Waals surface area contributed by atoms with E-state index in [-0.39, 0.29) is 6.04 Å². The zero-order chi connectivity index (χ0) is 12.1. The molecule has 0 spiro atoms. The average Bonchev–Trinajstić information content (AvgIpc) is 2.57. The third-order valence-corrected chi connectivity index (χ3v) is 3.89. The highest BCUT2D eigenvalue weighted by molar-refractivity contribution is 5.19. The van der Waals surface area contributed by atoms with Crippen LogP contribution in [0.15, 0.2) is 18.5 Å². The van der Waals surface area contributed by atoms with Gasteiger partial charge >= 0.3 is 0 Å². The molecule has 0 saturated heterocycles. The maximum Gasteiger partial charge on any atom is 0.0315 e. The molecule has 1 aliphatic rings. The monoisotopic (exact) mass is 232 g/mol. The minimum atomic E-state index is 0.172. The quantitative estimate of drug-likeness (QED) is 0.806. The van der Waals surface area contributed by atoms with Gasteiger partial charge in [-0.05, 0) is 30.4 Å². The van der Waals surface area contributed by atoms with Crippen LogP contribution in [-0.2, 0) is 0 Å². The summed E-state index contributed by atoms with van der Waals surface area (Å²) >= 11 is 0. The highest BCUT2D eigenvalue weighted by Gasteiger charge is 2.17. The predicted octanol–water partition coefficient (Wildman–Crippen LogP) is 3.75. The van der Waals surface area contributed by atoms with E-state index in [0.717, 1.165) is 12.3 Å². The molecule has 2 rings (SSSR count). The standard InChI is InChI=1S/C15H24N2/c1-12-8-14(11-17-10-12)15(16)9-13-6-4-2-3-5-7-13/h8,10-11,13,15H,2-7,9,16H2,1H3. The van der Waals surface area contributed by atoms with Crippen molar-refractivity contribution in [3.8, 4) is 0 Å². The van der Waals surface area contributed by atoms with Gasteiger partial charge in [0.15, 0.2) is 0 Å². The van der Waals surface area contributed by atoms with E-state index in [0.29, 0.717) is 0 Å². The Morgan fingerprint density at radius 2 is 1.94 bits per heavy atom. The van der Waals surface area contributed by atoms with Crippen molar-refractivity contribution in [1.29, 1.82) is 0 Å². The summed E-state index contributed by atoms with van der Waals surface area (Å²) < 4.78 is 0. The molecule has 1 saturated carbocycles. The van der Waals surface area contributed by atoms with E-state index in [4.69, 9.17) is 5.73 Å². The number of nitrogens with two attached hydrogens (primary N) is 1. The molecule has 1 unspecified atom stereocenters. The molecule has 1 aromatic heterocycles. The average molecular weight is 232 g/mol. The Morgan fingerprint density at radius 1 is 1.24 bits per heavy atom. The van der Waals surface area contributed by atoms with Crippen LogP contribution in [0, 0.1) is 12.8 Å². The third-order valence-electron chi connectivity index (χ3n) is 3.89. The van der Waals surface area contributed by atoms with Crippen LogP contribution >= 0.6 is 0 Å². The van der Waals surface area contributed by atoms with Gasteiger partial charge in [0.05, 0.1) is 0 Å². The number of hydrogen-bond acceptors (Lipinski definition) is 2. The van der Waals surface area contributed by atoms with Gasteiger partial charge in [-0.2, -0.15) is 0 Å². The van der Waals surface area contributed by atoms with Crippen molar-refractivity contribution in [1.82, 2.24) is 4.98 Å². The lowest BCUT2D eigenvalue weighted by atomic mass is 9.90. The normalized spacial score (nSPS) is 19.9. The van der Waals surface area contributed by atoms with Gasteiger partial charge in [0, 0.05) is 18.4 Å². The molecule has 2 heteroatoms. The molecular formula is C15H24N2. The lowest BCUT2D eigenvalue weighted by Crippen LogP contribution is -2.15. The van der Waals surface area contributed by atoms with Crippen molar-refractivity contribution in [3.63, 3.8) is 0 Å². The molecule has 2 N–H and O–H groups in total. The molecule has 1 aromatic rings. The van der Waals surface area contributed by atoms with Crippen LogP contribution in [-0.4, -0.2) is 4.98 Å². The Bertz CT molecular complexity index is 341. The van der Waals surface area contributed by atoms with E-state index in [1.165, 1.54) is 49.7 Å². The first-order valence-corrected chi connectivity index (χ1v) is 6.93. The first-order valence-electron chi connectivity index (χ1n) is 6.93. The summed E-state index contributed by atoms with van der Waals surface area (Å²) in [5.41, 5.74) is 8.72. The minimum Gasteiger partial charge on any atom is -0.324 e. The van der Waals surface area contributed by atoms with Crippen molar-refractivity contribution < 1.29 is 0 Å². The van der Waals surface area contributed by atoms with Crippen molar-refractivity contribution >= 4 is 0 Å². The first-order chi connectivity index (χ1) is 8.25. The Morgan fingerprint density at radius 3 is 2.59 bits per heavy atom. The van der Waals surface area contributed by atoms with Gasteiger partial charge in [-0.15, -0.1) is 0 Å². The maximum absolute atomic E-state index is 6.31. The molecule has 0 aromatic carbocycles. The molecule has 1 aliphatic carbocycles. The number of aromatic nitrogens is 1. The van der Waals surface area contributed by atoms with Crippen LogP contribution in [0.25, 0.3) is 0 Å². The Kier molecular flexibility index (Phi) is 4.55. The molecule has 0 bridgehead atoms. The van der Waals surface area contributed by atoms with Crippen molar-refractivity contribution in [2.75, 3.05) is 0 Å². The highest BCUT2D eigenvalue weighted by Crippen LogP contribution is 2.29. The summed E-state index contributed by atoms with van der Waals surface area (Å²) in [6.07, 6.45) is 13.3. The third kappa shape index (κ3) is 3.81. The maximum atomic E-state index is 6.31. The molecule has 2 nitrogen and oxygen atoms in total. The molecule has 1 atom stereocenters. The van der Waals surface area contributed by atoms with E-state index in [2.05, 4.69) is 18.0 Å². The molecule has 1 fully saturated rings. The Hall–Kier alpha value is -0.890. The number of aryl methyl sites for hydroxylation is 1. The molecule has 0 aliphatic heterocycles. The second kappa shape index (κ2) is 6.15. The Labute approximate surface area is 105 Å². The number of rotatable bonds is 3. The SMILES string of the molecule is Cc1cncc(C(N)CC2CCCCCC2)c1. The van der Waals surface area contributed by atoms with Gasteiger partial charge in [0.1, 0.15) is 0 Å². The van der Waals surface area contributed by atoms with Gasteiger partial charge in [-0.25, -0.2) is 0 Å². The van der Waals surface area contributed by atoms with Gasteiger partial charge in [0.2, 0.25) is 0 Å². The Balaban J connectivity index is 1.93. The smallest absolute Gasteiger partial charge is 0.0315 e. The van der Waals surface area contributed by atoms with Gasteiger partial charge in [-0.1, -0.05) is 44.6 Å².